The minimum absolute atomic E-state index is 0.0449. The molecule has 0 unspecified atom stereocenters. The highest BCUT2D eigenvalue weighted by Gasteiger charge is 2.34. The van der Waals surface area contributed by atoms with Gasteiger partial charge in [0.05, 0.1) is 32.3 Å². The van der Waals surface area contributed by atoms with Crippen LogP contribution in [0.1, 0.15) is 5.56 Å². The molecule has 128 valence electrons. The number of nitrogens with zero attached hydrogens (tertiary/aromatic N) is 1. The number of aliphatic hydroxyl groups excluding tert-OH is 1. The van der Waals surface area contributed by atoms with Gasteiger partial charge in [-0.1, -0.05) is 12.1 Å². The van der Waals surface area contributed by atoms with Crippen molar-refractivity contribution in [1.29, 1.82) is 0 Å². The summed E-state index contributed by atoms with van der Waals surface area (Å²) in [5.41, 5.74) is 1.29. The third kappa shape index (κ3) is 3.90. The van der Waals surface area contributed by atoms with E-state index in [1.54, 1.807) is 24.3 Å². The number of carbonyl (C=O) groups is 3. The Hall–Kier alpha value is -2.87. The van der Waals surface area contributed by atoms with Crippen molar-refractivity contribution in [1.82, 2.24) is 4.90 Å². The number of aliphatic carboxylic acids is 1. The zero-order valence-electron chi connectivity index (χ0n) is 13.1. The number of aliphatic hydroxyl groups is 1. The Labute approximate surface area is 138 Å². The first-order valence-electron chi connectivity index (χ1n) is 7.25. The number of methoxy groups -OCH3 is 1. The molecule has 8 heteroatoms. The summed E-state index contributed by atoms with van der Waals surface area (Å²) in [5, 5.41) is 20.7. The predicted octanol–water partition coefficient (Wildman–Crippen LogP) is -0.0128. The molecule has 1 aliphatic rings. The Morgan fingerprint density at radius 1 is 1.38 bits per heavy atom. The van der Waals surface area contributed by atoms with Crippen LogP contribution in [0.5, 0.6) is 0 Å². The van der Waals surface area contributed by atoms with Crippen molar-refractivity contribution in [3.05, 3.63) is 41.1 Å². The molecular weight excluding hydrogens is 316 g/mol. The van der Waals surface area contributed by atoms with Crippen molar-refractivity contribution in [3.63, 3.8) is 0 Å². The number of rotatable bonds is 7. The smallest absolute Gasteiger partial charge is 0.337 e. The van der Waals surface area contributed by atoms with Crippen LogP contribution in [0.4, 0.5) is 5.69 Å². The number of amides is 1. The van der Waals surface area contributed by atoms with Gasteiger partial charge in [0.2, 0.25) is 0 Å². The van der Waals surface area contributed by atoms with Gasteiger partial charge in [-0.05, 0) is 17.7 Å². The van der Waals surface area contributed by atoms with Gasteiger partial charge < -0.3 is 25.2 Å². The molecule has 1 aromatic carbocycles. The van der Waals surface area contributed by atoms with E-state index in [0.29, 0.717) is 11.3 Å². The molecule has 1 heterocycles. The fourth-order valence-corrected chi connectivity index (χ4v) is 2.43. The Bertz CT molecular complexity index is 698. The fraction of sp³-hybridized carbons (Fsp3) is 0.312. The summed E-state index contributed by atoms with van der Waals surface area (Å²) in [6.45, 7) is -0.0751. The molecule has 1 aromatic rings. The third-order valence-corrected chi connectivity index (χ3v) is 3.51. The number of esters is 1. The van der Waals surface area contributed by atoms with Gasteiger partial charge in [-0.15, -0.1) is 0 Å². The van der Waals surface area contributed by atoms with Gasteiger partial charge in [0, 0.05) is 12.2 Å². The topological polar surface area (TPSA) is 116 Å². The van der Waals surface area contributed by atoms with E-state index in [1.165, 1.54) is 12.0 Å². The van der Waals surface area contributed by atoms with Crippen LogP contribution in [0.3, 0.4) is 0 Å². The average Bonchev–Trinajstić information content (AvgIpc) is 2.84. The van der Waals surface area contributed by atoms with Gasteiger partial charge in [0.25, 0.3) is 5.91 Å². The second-order valence-electron chi connectivity index (χ2n) is 5.19. The third-order valence-electron chi connectivity index (χ3n) is 3.51. The number of carboxylic acids is 1. The Balaban J connectivity index is 2.28. The minimum atomic E-state index is -0.965. The quantitative estimate of drug-likeness (QED) is 0.600. The number of ether oxygens (including phenoxy) is 1. The lowest BCUT2D eigenvalue weighted by molar-refractivity contribution is -0.137. The van der Waals surface area contributed by atoms with Crippen LogP contribution in [-0.4, -0.2) is 59.8 Å². The second kappa shape index (κ2) is 7.60. The largest absolute Gasteiger partial charge is 0.481 e. The molecule has 0 aromatic heterocycles. The molecule has 0 fully saturated rings. The average molecular weight is 334 g/mol. The molecule has 8 nitrogen and oxygen atoms in total. The molecule has 2 rings (SSSR count). The lowest BCUT2D eigenvalue weighted by Crippen LogP contribution is -2.31. The minimum Gasteiger partial charge on any atom is -0.481 e. The number of hydrogen-bond donors (Lipinski definition) is 3. The van der Waals surface area contributed by atoms with Crippen molar-refractivity contribution in [2.45, 2.75) is 6.42 Å². The maximum absolute atomic E-state index is 12.4. The molecule has 0 atom stereocenters. The first-order valence-corrected chi connectivity index (χ1v) is 7.25. The van der Waals surface area contributed by atoms with Crippen molar-refractivity contribution in [2.24, 2.45) is 0 Å². The van der Waals surface area contributed by atoms with E-state index in [9.17, 15) is 14.4 Å². The van der Waals surface area contributed by atoms with Gasteiger partial charge in [-0.2, -0.15) is 0 Å². The summed E-state index contributed by atoms with van der Waals surface area (Å²) in [5.74, 6) is -2.02. The van der Waals surface area contributed by atoms with Crippen LogP contribution in [0.2, 0.25) is 0 Å². The molecule has 3 N–H and O–H groups in total. The van der Waals surface area contributed by atoms with Gasteiger partial charge in [-0.3, -0.25) is 9.59 Å². The number of carbonyl (C=O) groups excluding carboxylic acids is 2. The van der Waals surface area contributed by atoms with Crippen LogP contribution in [-0.2, 0) is 25.5 Å². The molecule has 1 aliphatic heterocycles. The van der Waals surface area contributed by atoms with Gasteiger partial charge >= 0.3 is 11.9 Å². The molecule has 24 heavy (non-hydrogen) atoms. The summed E-state index contributed by atoms with van der Waals surface area (Å²) >= 11 is 0. The van der Waals surface area contributed by atoms with Gasteiger partial charge in [0.15, 0.2) is 0 Å². The summed E-state index contributed by atoms with van der Waals surface area (Å²) in [6.07, 6.45) is -0.150. The van der Waals surface area contributed by atoms with Gasteiger partial charge in [-0.25, -0.2) is 4.79 Å². The Morgan fingerprint density at radius 3 is 2.75 bits per heavy atom. The van der Waals surface area contributed by atoms with Crippen molar-refractivity contribution < 1.29 is 29.3 Å². The van der Waals surface area contributed by atoms with E-state index in [4.69, 9.17) is 14.9 Å². The van der Waals surface area contributed by atoms with E-state index >= 15 is 0 Å². The van der Waals surface area contributed by atoms with E-state index in [0.717, 1.165) is 0 Å². The molecule has 1 amide bonds. The molecule has 0 saturated heterocycles. The zero-order valence-corrected chi connectivity index (χ0v) is 13.1. The van der Waals surface area contributed by atoms with Crippen LogP contribution in [0.25, 0.3) is 0 Å². The maximum Gasteiger partial charge on any atom is 0.337 e. The maximum atomic E-state index is 12.4. The first kappa shape index (κ1) is 17.5. The Morgan fingerprint density at radius 2 is 2.12 bits per heavy atom. The highest BCUT2D eigenvalue weighted by molar-refractivity contribution is 6.08. The number of anilines is 1. The number of carboxylic acid groups (broad SMARTS) is 1. The van der Waals surface area contributed by atoms with Crippen LogP contribution in [0.15, 0.2) is 35.5 Å². The summed E-state index contributed by atoms with van der Waals surface area (Å²) in [6, 6.07) is 6.57. The lowest BCUT2D eigenvalue weighted by Gasteiger charge is -2.15. The first-order chi connectivity index (χ1) is 11.5. The summed E-state index contributed by atoms with van der Waals surface area (Å²) in [7, 11) is 1.22. The lowest BCUT2D eigenvalue weighted by atomic mass is 10.1. The predicted molar refractivity (Wildman–Crippen MR) is 84.1 cm³/mol. The fourth-order valence-electron chi connectivity index (χ4n) is 2.43. The highest BCUT2D eigenvalue weighted by atomic mass is 16.5. The summed E-state index contributed by atoms with van der Waals surface area (Å²) < 4.78 is 4.70. The van der Waals surface area contributed by atoms with Crippen molar-refractivity contribution >= 4 is 23.5 Å². The summed E-state index contributed by atoms with van der Waals surface area (Å²) in [4.78, 5) is 36.4. The van der Waals surface area contributed by atoms with Crippen molar-refractivity contribution in [3.8, 4) is 0 Å². The SMILES string of the molecule is COC(=O)C1=C(Nc2cccc(CC(=O)O)c2)C(=O)N(CCO)C1. The standard InChI is InChI=1S/C16H18N2O6/c1-24-16(23)12-9-18(5-6-19)15(22)14(12)17-11-4-2-3-10(7-11)8-13(20)21/h2-4,7,17,19H,5-6,8-9H2,1H3,(H,20,21). The molecular formula is C16H18N2O6. The molecule has 0 aliphatic carbocycles. The number of benzene rings is 1. The van der Waals surface area contributed by atoms with Gasteiger partial charge in [0.1, 0.15) is 5.70 Å². The van der Waals surface area contributed by atoms with E-state index in [2.05, 4.69) is 5.32 Å². The number of nitrogens with one attached hydrogen (secondary N) is 1. The number of hydrogen-bond acceptors (Lipinski definition) is 6. The molecule has 0 radical (unpaired) electrons. The van der Waals surface area contributed by atoms with Crippen molar-refractivity contribution in [2.75, 3.05) is 32.1 Å². The van der Waals surface area contributed by atoms with Crippen LogP contribution < -0.4 is 5.32 Å². The van der Waals surface area contributed by atoms with E-state index in [1.807, 2.05) is 0 Å². The second-order valence-corrected chi connectivity index (χ2v) is 5.19. The van der Waals surface area contributed by atoms with Crippen LogP contribution in [0, 0.1) is 0 Å². The van der Waals surface area contributed by atoms with Crippen LogP contribution >= 0.6 is 0 Å². The van der Waals surface area contributed by atoms with E-state index in [-0.39, 0.29) is 37.4 Å². The van der Waals surface area contributed by atoms with E-state index < -0.39 is 17.8 Å². The Kier molecular flexibility index (Phi) is 5.54. The highest BCUT2D eigenvalue weighted by Crippen LogP contribution is 2.23. The normalized spacial score (nSPS) is 14.1. The molecule has 0 saturated carbocycles. The monoisotopic (exact) mass is 334 g/mol. The molecule has 0 spiro atoms. The zero-order chi connectivity index (χ0) is 17.7. The molecule has 0 bridgehead atoms. The number of β-amino-alcohol motifs (C(OH)–C–C–N with tert-alkyl or cyclic N) is 1.